The third kappa shape index (κ3) is 5.08. The Hall–Kier alpha value is -3.02. The highest BCUT2D eigenvalue weighted by atomic mass is 19.4. The first-order valence-electron chi connectivity index (χ1n) is 8.90. The third-order valence-electron chi connectivity index (χ3n) is 4.31. The Morgan fingerprint density at radius 1 is 1.24 bits per heavy atom. The molecule has 0 spiro atoms. The standard InChI is InChI=1S/C20H22F3N3O3/c1-5-29-16(27)10-15-17(19(2,3)12-24)18(20(21,22)23)26(25-15)11-13-6-8-14(28-4)9-7-13/h6-9H,5,10-11H2,1-4H3. The Morgan fingerprint density at radius 2 is 1.86 bits per heavy atom. The number of halogens is 3. The lowest BCUT2D eigenvalue weighted by molar-refractivity contribution is -0.145. The molecule has 29 heavy (non-hydrogen) atoms. The third-order valence-corrected chi connectivity index (χ3v) is 4.31. The normalized spacial score (nSPS) is 11.8. The lowest BCUT2D eigenvalue weighted by Gasteiger charge is -2.20. The van der Waals surface area contributed by atoms with Crippen LogP contribution in [0.4, 0.5) is 13.2 Å². The van der Waals surface area contributed by atoms with Crippen molar-refractivity contribution < 1.29 is 27.4 Å². The monoisotopic (exact) mass is 409 g/mol. The number of ether oxygens (including phenoxy) is 2. The first-order valence-corrected chi connectivity index (χ1v) is 8.90. The topological polar surface area (TPSA) is 77.1 Å². The number of hydrogen-bond acceptors (Lipinski definition) is 5. The molecule has 1 aromatic heterocycles. The molecule has 1 heterocycles. The number of benzene rings is 1. The van der Waals surface area contributed by atoms with Crippen LogP contribution < -0.4 is 4.74 Å². The smallest absolute Gasteiger partial charge is 0.433 e. The molecule has 0 amide bonds. The van der Waals surface area contributed by atoms with Crippen LogP contribution in [0, 0.1) is 11.3 Å². The number of carbonyl (C=O) groups excluding carboxylic acids is 1. The molecule has 0 aliphatic heterocycles. The van der Waals surface area contributed by atoms with Gasteiger partial charge in [0.25, 0.3) is 0 Å². The summed E-state index contributed by atoms with van der Waals surface area (Å²) >= 11 is 0. The molecule has 6 nitrogen and oxygen atoms in total. The maximum atomic E-state index is 14.0. The lowest BCUT2D eigenvalue weighted by Crippen LogP contribution is -2.24. The molecule has 0 bridgehead atoms. The zero-order valence-corrected chi connectivity index (χ0v) is 16.6. The lowest BCUT2D eigenvalue weighted by atomic mass is 9.83. The van der Waals surface area contributed by atoms with Gasteiger partial charge in [0.15, 0.2) is 0 Å². The summed E-state index contributed by atoms with van der Waals surface area (Å²) in [6.07, 6.45) is -5.22. The second kappa shape index (κ2) is 8.55. The van der Waals surface area contributed by atoms with Gasteiger partial charge in [-0.25, -0.2) is 0 Å². The van der Waals surface area contributed by atoms with E-state index in [1.54, 1.807) is 31.2 Å². The van der Waals surface area contributed by atoms with Gasteiger partial charge in [0.1, 0.15) is 11.4 Å². The van der Waals surface area contributed by atoms with Gasteiger partial charge >= 0.3 is 12.1 Å². The van der Waals surface area contributed by atoms with Crippen LogP contribution in [-0.2, 0) is 34.1 Å². The second-order valence-electron chi connectivity index (χ2n) is 6.89. The largest absolute Gasteiger partial charge is 0.497 e. The molecule has 0 atom stereocenters. The van der Waals surface area contributed by atoms with Crippen molar-refractivity contribution in [3.05, 3.63) is 46.8 Å². The fraction of sp³-hybridized carbons (Fsp3) is 0.450. The Labute approximate surface area is 166 Å². The summed E-state index contributed by atoms with van der Waals surface area (Å²) in [6.45, 7) is 4.24. The number of hydrogen-bond donors (Lipinski definition) is 0. The molecule has 0 fully saturated rings. The van der Waals surface area contributed by atoms with Gasteiger partial charge in [-0.05, 0) is 38.5 Å². The minimum absolute atomic E-state index is 0.0918. The van der Waals surface area contributed by atoms with E-state index in [0.717, 1.165) is 4.68 Å². The van der Waals surface area contributed by atoms with Gasteiger partial charge < -0.3 is 9.47 Å². The fourth-order valence-electron chi connectivity index (χ4n) is 3.00. The van der Waals surface area contributed by atoms with Crippen molar-refractivity contribution in [1.82, 2.24) is 9.78 Å². The number of nitrogens with zero attached hydrogens (tertiary/aromatic N) is 3. The van der Waals surface area contributed by atoms with Crippen LogP contribution in [0.5, 0.6) is 5.75 Å². The molecule has 0 saturated carbocycles. The van der Waals surface area contributed by atoms with Crippen molar-refractivity contribution >= 4 is 5.97 Å². The minimum Gasteiger partial charge on any atom is -0.497 e. The highest BCUT2D eigenvalue weighted by Gasteiger charge is 2.44. The maximum absolute atomic E-state index is 14.0. The van der Waals surface area contributed by atoms with Crippen molar-refractivity contribution in [2.75, 3.05) is 13.7 Å². The fourth-order valence-corrected chi connectivity index (χ4v) is 3.00. The van der Waals surface area contributed by atoms with Gasteiger partial charge in [0.2, 0.25) is 0 Å². The van der Waals surface area contributed by atoms with Gasteiger partial charge in [-0.2, -0.15) is 23.5 Å². The van der Waals surface area contributed by atoms with Crippen LogP contribution in [0.15, 0.2) is 24.3 Å². The molecule has 9 heteroatoms. The Kier molecular flexibility index (Phi) is 6.57. The minimum atomic E-state index is -4.77. The SMILES string of the molecule is CCOC(=O)Cc1nn(Cc2ccc(OC)cc2)c(C(F)(F)F)c1C(C)(C)C#N. The van der Waals surface area contributed by atoms with E-state index in [9.17, 15) is 23.2 Å². The summed E-state index contributed by atoms with van der Waals surface area (Å²) in [7, 11) is 1.49. The number of nitriles is 1. The highest BCUT2D eigenvalue weighted by molar-refractivity contribution is 5.73. The van der Waals surface area contributed by atoms with E-state index in [4.69, 9.17) is 9.47 Å². The van der Waals surface area contributed by atoms with Crippen molar-refractivity contribution in [3.63, 3.8) is 0 Å². The Bertz CT molecular complexity index is 910. The number of rotatable bonds is 7. The van der Waals surface area contributed by atoms with Gasteiger partial charge in [-0.1, -0.05) is 12.1 Å². The molecule has 156 valence electrons. The molecular formula is C20H22F3N3O3. The number of methoxy groups -OCH3 is 1. The molecule has 0 aliphatic carbocycles. The van der Waals surface area contributed by atoms with Crippen LogP contribution in [0.3, 0.4) is 0 Å². The van der Waals surface area contributed by atoms with Crippen LogP contribution in [-0.4, -0.2) is 29.5 Å². The summed E-state index contributed by atoms with van der Waals surface area (Å²) < 4.78 is 52.7. The van der Waals surface area contributed by atoms with E-state index < -0.39 is 29.7 Å². The highest BCUT2D eigenvalue weighted by Crippen LogP contribution is 2.40. The van der Waals surface area contributed by atoms with E-state index in [1.165, 1.54) is 21.0 Å². The average Bonchev–Trinajstić information content (AvgIpc) is 3.01. The van der Waals surface area contributed by atoms with Crippen molar-refractivity contribution in [3.8, 4) is 11.8 Å². The van der Waals surface area contributed by atoms with Crippen molar-refractivity contribution in [2.24, 2.45) is 0 Å². The predicted molar refractivity (Wildman–Crippen MR) is 98.3 cm³/mol. The quantitative estimate of drug-likeness (QED) is 0.649. The summed E-state index contributed by atoms with van der Waals surface area (Å²) in [6, 6.07) is 8.40. The zero-order chi connectivity index (χ0) is 21.8. The van der Waals surface area contributed by atoms with Crippen LogP contribution >= 0.6 is 0 Å². The molecule has 2 aromatic rings. The molecule has 0 unspecified atom stereocenters. The van der Waals surface area contributed by atoms with E-state index in [1.807, 2.05) is 6.07 Å². The number of esters is 1. The molecule has 0 aliphatic rings. The Morgan fingerprint density at radius 3 is 2.34 bits per heavy atom. The summed E-state index contributed by atoms with van der Waals surface area (Å²) in [5.41, 5.74) is -2.42. The van der Waals surface area contributed by atoms with Crippen molar-refractivity contribution in [2.45, 2.75) is 45.3 Å². The number of carbonyl (C=O) groups is 1. The van der Waals surface area contributed by atoms with E-state index >= 15 is 0 Å². The molecule has 2 rings (SSSR count). The van der Waals surface area contributed by atoms with Crippen LogP contribution in [0.1, 0.15) is 43.3 Å². The molecule has 1 aromatic carbocycles. The number of alkyl halides is 3. The van der Waals surface area contributed by atoms with E-state index in [0.29, 0.717) is 11.3 Å². The zero-order valence-electron chi connectivity index (χ0n) is 16.6. The molecule has 0 radical (unpaired) electrons. The van der Waals surface area contributed by atoms with Gasteiger partial charge in [0, 0.05) is 5.56 Å². The Balaban J connectivity index is 2.62. The summed E-state index contributed by atoms with van der Waals surface area (Å²) in [5.74, 6) is -0.134. The molecule has 0 saturated heterocycles. The number of aromatic nitrogens is 2. The maximum Gasteiger partial charge on any atom is 0.433 e. The van der Waals surface area contributed by atoms with Crippen LogP contribution in [0.2, 0.25) is 0 Å². The van der Waals surface area contributed by atoms with Gasteiger partial charge in [-0.15, -0.1) is 0 Å². The van der Waals surface area contributed by atoms with Crippen LogP contribution in [0.25, 0.3) is 0 Å². The first-order chi connectivity index (χ1) is 13.5. The van der Waals surface area contributed by atoms with E-state index in [-0.39, 0.29) is 24.4 Å². The molecular weight excluding hydrogens is 387 g/mol. The summed E-state index contributed by atoms with van der Waals surface area (Å²) in [4.78, 5) is 11.9. The predicted octanol–water partition coefficient (Wildman–Crippen LogP) is 3.87. The first kappa shape index (κ1) is 22.3. The van der Waals surface area contributed by atoms with Crippen molar-refractivity contribution in [1.29, 1.82) is 5.26 Å². The summed E-state index contributed by atoms with van der Waals surface area (Å²) in [5, 5.41) is 13.5. The second-order valence-corrected chi connectivity index (χ2v) is 6.89. The van der Waals surface area contributed by atoms with Gasteiger partial charge in [0.05, 0.1) is 43.9 Å². The molecule has 0 N–H and O–H groups in total. The average molecular weight is 409 g/mol. The van der Waals surface area contributed by atoms with E-state index in [2.05, 4.69) is 5.10 Å². The van der Waals surface area contributed by atoms with Gasteiger partial charge in [-0.3, -0.25) is 9.48 Å².